The Labute approximate surface area is 176 Å². The van der Waals surface area contributed by atoms with E-state index in [1.54, 1.807) is 0 Å². The molecule has 1 aliphatic heterocycles. The summed E-state index contributed by atoms with van der Waals surface area (Å²) in [6, 6.07) is 8.11. The second kappa shape index (κ2) is 7.07. The van der Waals surface area contributed by atoms with Gasteiger partial charge in [0, 0.05) is 42.0 Å². The van der Waals surface area contributed by atoms with E-state index >= 15 is 0 Å². The van der Waals surface area contributed by atoms with E-state index in [0.717, 1.165) is 48.6 Å². The van der Waals surface area contributed by atoms with Crippen LogP contribution in [0.1, 0.15) is 61.8 Å². The third-order valence-electron chi connectivity index (χ3n) is 6.60. The minimum Gasteiger partial charge on any atom is -0.339 e. The van der Waals surface area contributed by atoms with Gasteiger partial charge in [-0.15, -0.1) is 10.2 Å². The zero-order valence-electron chi connectivity index (χ0n) is 17.9. The molecule has 7 heteroatoms. The molecule has 1 amide bonds. The van der Waals surface area contributed by atoms with Crippen molar-refractivity contribution in [1.82, 2.24) is 29.9 Å². The van der Waals surface area contributed by atoms with Crippen LogP contribution < -0.4 is 0 Å². The zero-order chi connectivity index (χ0) is 20.9. The van der Waals surface area contributed by atoms with Crippen LogP contribution in [0.4, 0.5) is 0 Å². The van der Waals surface area contributed by atoms with Crippen molar-refractivity contribution in [3.8, 4) is 22.6 Å². The molecule has 1 saturated heterocycles. The number of carbonyl (C=O) groups is 1. The van der Waals surface area contributed by atoms with Crippen LogP contribution in [0.3, 0.4) is 0 Å². The Hall–Kier alpha value is -2.96. The first-order valence-electron chi connectivity index (χ1n) is 10.8. The number of likely N-dealkylation sites (tertiary alicyclic amines) is 1. The third kappa shape index (κ3) is 3.42. The predicted molar refractivity (Wildman–Crippen MR) is 115 cm³/mol. The first-order valence-corrected chi connectivity index (χ1v) is 10.8. The van der Waals surface area contributed by atoms with Gasteiger partial charge in [0.05, 0.1) is 5.69 Å². The highest BCUT2D eigenvalue weighted by molar-refractivity contribution is 6.01. The number of piperidine rings is 1. The van der Waals surface area contributed by atoms with Crippen molar-refractivity contribution in [2.45, 2.75) is 52.5 Å². The molecule has 0 unspecified atom stereocenters. The van der Waals surface area contributed by atoms with E-state index in [0.29, 0.717) is 16.8 Å². The molecule has 0 atom stereocenters. The molecule has 0 bridgehead atoms. The maximum atomic E-state index is 13.5. The van der Waals surface area contributed by atoms with Gasteiger partial charge in [-0.1, -0.05) is 6.07 Å². The summed E-state index contributed by atoms with van der Waals surface area (Å²) in [4.78, 5) is 18.7. The summed E-state index contributed by atoms with van der Waals surface area (Å²) < 4.78 is 1.92. The number of carbonyl (C=O) groups excluding carboxylic acids is 1. The SMILES string of the molecule is Cc1nnc(-c2ccc(C(=O)N3CCC4(CC3)CC4)c(-c3ccn(C(C)C)n3)c2)[nH]1. The lowest BCUT2D eigenvalue weighted by Gasteiger charge is -2.32. The second-order valence-electron chi connectivity index (χ2n) is 9.09. The summed E-state index contributed by atoms with van der Waals surface area (Å²) in [6.45, 7) is 7.77. The van der Waals surface area contributed by atoms with E-state index in [2.05, 4.69) is 29.0 Å². The van der Waals surface area contributed by atoms with Crippen LogP contribution in [0, 0.1) is 12.3 Å². The monoisotopic (exact) mass is 404 g/mol. The van der Waals surface area contributed by atoms with Gasteiger partial charge in [-0.25, -0.2) is 0 Å². The van der Waals surface area contributed by atoms with Gasteiger partial charge in [0.25, 0.3) is 5.91 Å². The number of hydrogen-bond acceptors (Lipinski definition) is 4. The highest BCUT2D eigenvalue weighted by Crippen LogP contribution is 2.53. The van der Waals surface area contributed by atoms with Gasteiger partial charge < -0.3 is 9.88 Å². The van der Waals surface area contributed by atoms with Crippen molar-refractivity contribution in [2.24, 2.45) is 5.41 Å². The van der Waals surface area contributed by atoms with E-state index in [1.165, 1.54) is 12.8 Å². The molecule has 1 saturated carbocycles. The molecule has 5 rings (SSSR count). The quantitative estimate of drug-likeness (QED) is 0.705. The largest absolute Gasteiger partial charge is 0.339 e. The Kier molecular flexibility index (Phi) is 4.49. The maximum Gasteiger partial charge on any atom is 0.254 e. The van der Waals surface area contributed by atoms with Crippen LogP contribution in [-0.2, 0) is 0 Å². The Morgan fingerprint density at radius 1 is 1.10 bits per heavy atom. The average Bonchev–Trinajstić information content (AvgIpc) is 3.15. The normalized spacial score (nSPS) is 17.7. The molecule has 2 fully saturated rings. The number of hydrogen-bond donors (Lipinski definition) is 1. The molecule has 3 heterocycles. The maximum absolute atomic E-state index is 13.5. The Morgan fingerprint density at radius 2 is 1.87 bits per heavy atom. The third-order valence-corrected chi connectivity index (χ3v) is 6.60. The van der Waals surface area contributed by atoms with Crippen LogP contribution >= 0.6 is 0 Å². The number of nitrogens with one attached hydrogen (secondary N) is 1. The summed E-state index contributed by atoms with van der Waals surface area (Å²) in [5.74, 6) is 1.56. The summed E-state index contributed by atoms with van der Waals surface area (Å²) >= 11 is 0. The van der Waals surface area contributed by atoms with Crippen molar-refractivity contribution in [1.29, 1.82) is 0 Å². The number of aryl methyl sites for hydroxylation is 1. The number of nitrogens with zero attached hydrogens (tertiary/aromatic N) is 5. The lowest BCUT2D eigenvalue weighted by Crippen LogP contribution is -2.39. The molecule has 1 aliphatic carbocycles. The topological polar surface area (TPSA) is 79.7 Å². The first kappa shape index (κ1) is 19.0. The van der Waals surface area contributed by atoms with E-state index in [9.17, 15) is 4.79 Å². The summed E-state index contributed by atoms with van der Waals surface area (Å²) in [5.41, 5.74) is 3.80. The smallest absolute Gasteiger partial charge is 0.254 e. The van der Waals surface area contributed by atoms with Gasteiger partial charge in [0.1, 0.15) is 5.82 Å². The molecule has 1 spiro atoms. The van der Waals surface area contributed by atoms with Crippen molar-refractivity contribution in [3.05, 3.63) is 41.9 Å². The molecule has 7 nitrogen and oxygen atoms in total. The molecule has 1 aromatic carbocycles. The highest BCUT2D eigenvalue weighted by atomic mass is 16.2. The number of H-pyrrole nitrogens is 1. The molecule has 2 aliphatic rings. The fourth-order valence-corrected chi connectivity index (χ4v) is 4.37. The molecule has 2 aromatic heterocycles. The van der Waals surface area contributed by atoms with E-state index < -0.39 is 0 Å². The van der Waals surface area contributed by atoms with Crippen LogP contribution in [-0.4, -0.2) is 48.9 Å². The van der Waals surface area contributed by atoms with Gasteiger partial charge in [0.15, 0.2) is 5.82 Å². The summed E-state index contributed by atoms with van der Waals surface area (Å²) in [7, 11) is 0. The average molecular weight is 405 g/mol. The lowest BCUT2D eigenvalue weighted by molar-refractivity contribution is 0.0679. The standard InChI is InChI=1S/C23H28N6O/c1-15(2)29-11-6-20(27-29)19-14-17(21-24-16(3)25-26-21)4-5-18(19)22(30)28-12-9-23(7-8-23)10-13-28/h4-6,11,14-15H,7-10,12-13H2,1-3H3,(H,24,25,26). The minimum absolute atomic E-state index is 0.0971. The molecule has 3 aromatic rings. The molecule has 1 N–H and O–H groups in total. The number of amides is 1. The lowest BCUT2D eigenvalue weighted by atomic mass is 9.92. The van der Waals surface area contributed by atoms with Gasteiger partial charge in [-0.05, 0) is 70.1 Å². The van der Waals surface area contributed by atoms with Crippen molar-refractivity contribution in [3.63, 3.8) is 0 Å². The molecule has 156 valence electrons. The minimum atomic E-state index is 0.0971. The van der Waals surface area contributed by atoms with E-state index in [1.807, 2.05) is 47.0 Å². The van der Waals surface area contributed by atoms with Crippen LogP contribution in [0.5, 0.6) is 0 Å². The van der Waals surface area contributed by atoms with Gasteiger partial charge in [-0.2, -0.15) is 5.10 Å². The van der Waals surface area contributed by atoms with Crippen LogP contribution in [0.15, 0.2) is 30.5 Å². The zero-order valence-corrected chi connectivity index (χ0v) is 17.9. The summed E-state index contributed by atoms with van der Waals surface area (Å²) in [6.07, 6.45) is 6.89. The molecule has 30 heavy (non-hydrogen) atoms. The second-order valence-corrected chi connectivity index (χ2v) is 9.09. The van der Waals surface area contributed by atoms with E-state index in [4.69, 9.17) is 5.10 Å². The van der Waals surface area contributed by atoms with Crippen molar-refractivity contribution >= 4 is 5.91 Å². The Balaban J connectivity index is 1.52. The van der Waals surface area contributed by atoms with Crippen molar-refractivity contribution in [2.75, 3.05) is 13.1 Å². The number of benzene rings is 1. The molecule has 0 radical (unpaired) electrons. The van der Waals surface area contributed by atoms with Crippen LogP contribution in [0.2, 0.25) is 0 Å². The molecular weight excluding hydrogens is 376 g/mol. The fourth-order valence-electron chi connectivity index (χ4n) is 4.37. The van der Waals surface area contributed by atoms with Crippen LogP contribution in [0.25, 0.3) is 22.6 Å². The van der Waals surface area contributed by atoms with Crippen molar-refractivity contribution < 1.29 is 4.79 Å². The highest BCUT2D eigenvalue weighted by Gasteiger charge is 2.45. The summed E-state index contributed by atoms with van der Waals surface area (Å²) in [5, 5.41) is 13.0. The van der Waals surface area contributed by atoms with E-state index in [-0.39, 0.29) is 11.9 Å². The fraction of sp³-hybridized carbons (Fsp3) is 0.478. The number of rotatable bonds is 4. The number of aromatic amines is 1. The molecular formula is C23H28N6O. The predicted octanol–water partition coefficient (Wildman–Crippen LogP) is 4.24. The van der Waals surface area contributed by atoms with Gasteiger partial charge in [0.2, 0.25) is 0 Å². The Morgan fingerprint density at radius 3 is 2.47 bits per heavy atom. The van der Waals surface area contributed by atoms with Gasteiger partial charge in [-0.3, -0.25) is 9.48 Å². The van der Waals surface area contributed by atoms with Gasteiger partial charge >= 0.3 is 0 Å². The number of aromatic nitrogens is 5. The Bertz CT molecular complexity index is 1080. The first-order chi connectivity index (χ1) is 14.4.